The van der Waals surface area contributed by atoms with Crippen LogP contribution >= 0.6 is 11.8 Å². The van der Waals surface area contributed by atoms with Crippen molar-refractivity contribution in [3.05, 3.63) is 54.1 Å². The first kappa shape index (κ1) is 17.2. The first-order valence-electron chi connectivity index (χ1n) is 7.40. The van der Waals surface area contributed by atoms with Gasteiger partial charge in [0, 0.05) is 23.3 Å². The Morgan fingerprint density at radius 1 is 1.13 bits per heavy atom. The minimum atomic E-state index is -0.127. The first-order valence-corrected chi connectivity index (χ1v) is 8.39. The molecule has 5 heteroatoms. The van der Waals surface area contributed by atoms with Crippen LogP contribution in [0.1, 0.15) is 5.56 Å². The van der Waals surface area contributed by atoms with Crippen LogP contribution in [0.2, 0.25) is 0 Å². The van der Waals surface area contributed by atoms with E-state index in [4.69, 9.17) is 9.47 Å². The fourth-order valence-electron chi connectivity index (χ4n) is 1.88. The second-order valence-electron chi connectivity index (χ2n) is 4.98. The van der Waals surface area contributed by atoms with Gasteiger partial charge < -0.3 is 14.8 Å². The number of methoxy groups -OCH3 is 1. The molecule has 1 amide bonds. The lowest BCUT2D eigenvalue weighted by Crippen LogP contribution is -2.30. The summed E-state index contributed by atoms with van der Waals surface area (Å²) >= 11 is 1.72. The highest BCUT2D eigenvalue weighted by molar-refractivity contribution is 7.99. The highest BCUT2D eigenvalue weighted by Crippen LogP contribution is 2.19. The zero-order valence-electron chi connectivity index (χ0n) is 13.4. The Kier molecular flexibility index (Phi) is 6.81. The van der Waals surface area contributed by atoms with E-state index in [0.717, 1.165) is 5.75 Å². The average Bonchev–Trinajstić information content (AvgIpc) is 2.58. The van der Waals surface area contributed by atoms with E-state index in [0.29, 0.717) is 18.0 Å². The summed E-state index contributed by atoms with van der Waals surface area (Å²) in [6.07, 6.45) is 0. The van der Waals surface area contributed by atoms with Crippen molar-refractivity contribution in [3.63, 3.8) is 0 Å². The molecule has 0 aromatic heterocycles. The molecule has 0 aliphatic carbocycles. The molecule has 0 unspecified atom stereocenters. The molecule has 0 heterocycles. The van der Waals surface area contributed by atoms with Crippen LogP contribution < -0.4 is 14.8 Å². The number of hydrogen-bond donors (Lipinski definition) is 1. The molecule has 4 nitrogen and oxygen atoms in total. The van der Waals surface area contributed by atoms with Crippen molar-refractivity contribution in [1.82, 2.24) is 5.32 Å². The first-order chi connectivity index (χ1) is 11.2. The molecule has 2 rings (SSSR count). The van der Waals surface area contributed by atoms with Crippen LogP contribution in [0.15, 0.2) is 53.4 Å². The molecule has 0 spiro atoms. The van der Waals surface area contributed by atoms with Crippen molar-refractivity contribution in [2.45, 2.75) is 11.8 Å². The molecule has 0 bridgehead atoms. The number of carbonyl (C=O) groups excluding carboxylic acids is 1. The molecule has 0 aliphatic rings. The van der Waals surface area contributed by atoms with Gasteiger partial charge in [0.15, 0.2) is 6.61 Å². The van der Waals surface area contributed by atoms with Gasteiger partial charge in [-0.1, -0.05) is 23.8 Å². The van der Waals surface area contributed by atoms with Crippen LogP contribution in [0.4, 0.5) is 0 Å². The Balaban J connectivity index is 1.64. The normalized spacial score (nSPS) is 10.2. The van der Waals surface area contributed by atoms with Crippen LogP contribution in [0.5, 0.6) is 11.5 Å². The van der Waals surface area contributed by atoms with Gasteiger partial charge >= 0.3 is 0 Å². The SMILES string of the molecule is COc1cccc(OCC(=O)NCCSc2ccc(C)cc2)c1. The molecule has 0 saturated heterocycles. The minimum absolute atomic E-state index is 0.00235. The number of aryl methyl sites for hydroxylation is 1. The molecule has 2 aromatic rings. The topological polar surface area (TPSA) is 47.6 Å². The summed E-state index contributed by atoms with van der Waals surface area (Å²) in [5, 5.41) is 2.85. The van der Waals surface area contributed by atoms with Gasteiger partial charge in [0.05, 0.1) is 7.11 Å². The number of benzene rings is 2. The number of amides is 1. The van der Waals surface area contributed by atoms with Crippen molar-refractivity contribution in [3.8, 4) is 11.5 Å². The summed E-state index contributed by atoms with van der Waals surface area (Å²) in [5.74, 6) is 2.02. The zero-order valence-corrected chi connectivity index (χ0v) is 14.2. The van der Waals surface area contributed by atoms with E-state index in [1.165, 1.54) is 10.5 Å². The van der Waals surface area contributed by atoms with Crippen molar-refractivity contribution in [2.75, 3.05) is 26.0 Å². The lowest BCUT2D eigenvalue weighted by Gasteiger charge is -2.08. The number of ether oxygens (including phenoxy) is 2. The third-order valence-corrected chi connectivity index (χ3v) is 4.14. The monoisotopic (exact) mass is 331 g/mol. The average molecular weight is 331 g/mol. The van der Waals surface area contributed by atoms with Crippen molar-refractivity contribution in [2.24, 2.45) is 0 Å². The third-order valence-electron chi connectivity index (χ3n) is 3.13. The lowest BCUT2D eigenvalue weighted by atomic mass is 10.2. The van der Waals surface area contributed by atoms with Crippen molar-refractivity contribution in [1.29, 1.82) is 0 Å². The van der Waals surface area contributed by atoms with E-state index in [-0.39, 0.29) is 12.5 Å². The van der Waals surface area contributed by atoms with E-state index in [9.17, 15) is 4.79 Å². The Morgan fingerprint density at radius 3 is 2.61 bits per heavy atom. The summed E-state index contributed by atoms with van der Waals surface area (Å²) in [5.41, 5.74) is 1.25. The molecule has 23 heavy (non-hydrogen) atoms. The molecular formula is C18H21NO3S. The van der Waals surface area contributed by atoms with Crippen LogP contribution in [0.25, 0.3) is 0 Å². The van der Waals surface area contributed by atoms with Gasteiger partial charge in [0.25, 0.3) is 5.91 Å². The predicted molar refractivity (Wildman–Crippen MR) is 93.4 cm³/mol. The molecular weight excluding hydrogens is 310 g/mol. The van der Waals surface area contributed by atoms with Gasteiger partial charge in [0.2, 0.25) is 0 Å². The van der Waals surface area contributed by atoms with Crippen LogP contribution in [0.3, 0.4) is 0 Å². The van der Waals surface area contributed by atoms with E-state index in [1.807, 2.05) is 12.1 Å². The smallest absolute Gasteiger partial charge is 0.257 e. The molecule has 0 radical (unpaired) electrons. The maximum absolute atomic E-state index is 11.8. The fourth-order valence-corrected chi connectivity index (χ4v) is 2.65. The third kappa shape index (κ3) is 6.24. The van der Waals surface area contributed by atoms with Gasteiger partial charge in [-0.15, -0.1) is 11.8 Å². The Hall–Kier alpha value is -2.14. The molecule has 2 aromatic carbocycles. The van der Waals surface area contributed by atoms with Gasteiger partial charge in [-0.2, -0.15) is 0 Å². The number of rotatable bonds is 8. The quantitative estimate of drug-likeness (QED) is 0.596. The maximum atomic E-state index is 11.8. The Labute approximate surface area is 141 Å². The van der Waals surface area contributed by atoms with E-state index in [2.05, 4.69) is 36.5 Å². The van der Waals surface area contributed by atoms with Crippen LogP contribution in [-0.2, 0) is 4.79 Å². The largest absolute Gasteiger partial charge is 0.497 e. The second-order valence-corrected chi connectivity index (χ2v) is 6.15. The standard InChI is InChI=1S/C18H21NO3S/c1-14-6-8-17(9-7-14)23-11-10-19-18(20)13-22-16-5-3-4-15(12-16)21-2/h3-9,12H,10-11,13H2,1-2H3,(H,19,20). The van der Waals surface area contributed by atoms with Gasteiger partial charge in [-0.25, -0.2) is 0 Å². The molecule has 0 saturated carbocycles. The summed E-state index contributed by atoms with van der Waals surface area (Å²) in [4.78, 5) is 13.0. The van der Waals surface area contributed by atoms with E-state index in [1.54, 1.807) is 31.0 Å². The fraction of sp³-hybridized carbons (Fsp3) is 0.278. The molecule has 0 atom stereocenters. The Morgan fingerprint density at radius 2 is 1.87 bits per heavy atom. The molecule has 0 aliphatic heterocycles. The highest BCUT2D eigenvalue weighted by atomic mass is 32.2. The minimum Gasteiger partial charge on any atom is -0.497 e. The van der Waals surface area contributed by atoms with Crippen molar-refractivity contribution >= 4 is 17.7 Å². The van der Waals surface area contributed by atoms with Gasteiger partial charge in [-0.3, -0.25) is 4.79 Å². The van der Waals surface area contributed by atoms with Crippen LogP contribution in [0, 0.1) is 6.92 Å². The lowest BCUT2D eigenvalue weighted by molar-refractivity contribution is -0.122. The molecule has 122 valence electrons. The predicted octanol–water partition coefficient (Wildman–Crippen LogP) is 3.29. The van der Waals surface area contributed by atoms with E-state index >= 15 is 0 Å². The number of hydrogen-bond acceptors (Lipinski definition) is 4. The number of thioether (sulfide) groups is 1. The van der Waals surface area contributed by atoms with Gasteiger partial charge in [-0.05, 0) is 31.2 Å². The van der Waals surface area contributed by atoms with E-state index < -0.39 is 0 Å². The zero-order chi connectivity index (χ0) is 16.5. The summed E-state index contributed by atoms with van der Waals surface area (Å²) in [6.45, 7) is 2.68. The summed E-state index contributed by atoms with van der Waals surface area (Å²) < 4.78 is 10.5. The number of nitrogens with one attached hydrogen (secondary N) is 1. The summed E-state index contributed by atoms with van der Waals surface area (Å²) in [6, 6.07) is 15.6. The maximum Gasteiger partial charge on any atom is 0.257 e. The summed E-state index contributed by atoms with van der Waals surface area (Å²) in [7, 11) is 1.59. The highest BCUT2D eigenvalue weighted by Gasteiger charge is 2.03. The molecule has 1 N–H and O–H groups in total. The number of carbonyl (C=O) groups is 1. The second kappa shape index (κ2) is 9.10. The van der Waals surface area contributed by atoms with Crippen molar-refractivity contribution < 1.29 is 14.3 Å². The molecule has 0 fully saturated rings. The van der Waals surface area contributed by atoms with Gasteiger partial charge in [0.1, 0.15) is 11.5 Å². The Bertz CT molecular complexity index is 628. The van der Waals surface area contributed by atoms with Crippen LogP contribution in [-0.4, -0.2) is 31.9 Å².